The standard InChI is InChI=1S/C14H18N8O/c1-19-9-20(6-7-23)14-18-13-12(22(14)19)11(17-8-21(13)15)10-4-2-3-5-16-10/h2-5,8,14,23H,6-7,9,15H2,1H3. The Morgan fingerprint density at radius 3 is 3.00 bits per heavy atom. The first-order chi connectivity index (χ1) is 11.2. The van der Waals surface area contributed by atoms with Gasteiger partial charge in [-0.25, -0.2) is 30.7 Å². The predicted molar refractivity (Wildman–Crippen MR) is 85.2 cm³/mol. The van der Waals surface area contributed by atoms with E-state index in [1.165, 1.54) is 5.01 Å². The van der Waals surface area contributed by atoms with Crippen molar-refractivity contribution in [1.29, 1.82) is 0 Å². The van der Waals surface area contributed by atoms with Gasteiger partial charge in [0.2, 0.25) is 0 Å². The van der Waals surface area contributed by atoms with Crippen molar-refractivity contribution in [1.82, 2.24) is 24.9 Å². The number of hydrogen-bond donors (Lipinski definition) is 2. The number of aliphatic hydroxyl groups excluding tert-OH is 1. The summed E-state index contributed by atoms with van der Waals surface area (Å²) < 4.78 is 0. The second-order valence-electron chi connectivity index (χ2n) is 5.54. The second kappa shape index (κ2) is 5.39. The minimum Gasteiger partial charge on any atom is -0.395 e. The maximum absolute atomic E-state index is 9.26. The van der Waals surface area contributed by atoms with E-state index in [0.29, 0.717) is 19.0 Å². The van der Waals surface area contributed by atoms with Crippen molar-refractivity contribution in [3.05, 3.63) is 35.8 Å². The molecular formula is C14H18N8O. The molecule has 0 aliphatic carbocycles. The Morgan fingerprint density at radius 1 is 1.39 bits per heavy atom. The third kappa shape index (κ3) is 2.13. The molecule has 9 heteroatoms. The van der Waals surface area contributed by atoms with E-state index < -0.39 is 0 Å². The molecule has 23 heavy (non-hydrogen) atoms. The minimum absolute atomic E-state index is 0.0814. The second-order valence-corrected chi connectivity index (χ2v) is 5.54. The van der Waals surface area contributed by atoms with Gasteiger partial charge in [0.15, 0.2) is 12.1 Å². The topological polar surface area (TPSA) is 96.8 Å². The molecule has 1 aromatic rings. The number of nitrogens with two attached hydrogens (primary N) is 1. The molecule has 3 aliphatic rings. The summed E-state index contributed by atoms with van der Waals surface area (Å²) in [6.07, 6.45) is 3.07. The van der Waals surface area contributed by atoms with Crippen LogP contribution in [0.5, 0.6) is 0 Å². The summed E-state index contributed by atoms with van der Waals surface area (Å²) >= 11 is 0. The number of aliphatic hydroxyl groups is 1. The van der Waals surface area contributed by atoms with Gasteiger partial charge >= 0.3 is 0 Å². The SMILES string of the molecule is CN1CN(CCO)C2N=C3C(=C(c4ccccn4)N=CN3N)N21. The lowest BCUT2D eigenvalue weighted by Crippen LogP contribution is -2.43. The Morgan fingerprint density at radius 2 is 2.26 bits per heavy atom. The zero-order valence-corrected chi connectivity index (χ0v) is 12.7. The number of nitrogens with zero attached hydrogens (tertiary/aromatic N) is 7. The minimum atomic E-state index is -0.219. The monoisotopic (exact) mass is 314 g/mol. The Kier molecular flexibility index (Phi) is 3.34. The molecule has 4 heterocycles. The summed E-state index contributed by atoms with van der Waals surface area (Å²) in [5.41, 5.74) is 2.35. The van der Waals surface area contributed by atoms with E-state index in [1.807, 2.05) is 35.3 Å². The average molecular weight is 314 g/mol. The van der Waals surface area contributed by atoms with Crippen LogP contribution in [0.15, 0.2) is 40.1 Å². The van der Waals surface area contributed by atoms with E-state index in [0.717, 1.165) is 17.1 Å². The number of aliphatic imine (C=N–C) groups is 2. The van der Waals surface area contributed by atoms with E-state index in [2.05, 4.69) is 14.9 Å². The first kappa shape index (κ1) is 14.3. The van der Waals surface area contributed by atoms with Gasteiger partial charge in [-0.15, -0.1) is 0 Å². The molecule has 4 rings (SSSR count). The predicted octanol–water partition coefficient (Wildman–Crippen LogP) is -0.922. The molecule has 0 radical (unpaired) electrons. The Bertz CT molecular complexity index is 700. The van der Waals surface area contributed by atoms with Crippen LogP contribution in [0.3, 0.4) is 0 Å². The molecule has 1 atom stereocenters. The summed E-state index contributed by atoms with van der Waals surface area (Å²) in [4.78, 5) is 15.7. The highest BCUT2D eigenvalue weighted by atomic mass is 16.3. The molecule has 3 aliphatic heterocycles. The fourth-order valence-electron chi connectivity index (χ4n) is 3.07. The summed E-state index contributed by atoms with van der Waals surface area (Å²) in [5.74, 6) is 6.67. The number of hydrazine groups is 2. The average Bonchev–Trinajstić information content (AvgIpc) is 3.09. The van der Waals surface area contributed by atoms with E-state index >= 15 is 0 Å². The molecule has 1 saturated heterocycles. The number of fused-ring (bicyclic) bond motifs is 3. The van der Waals surface area contributed by atoms with E-state index in [-0.39, 0.29) is 12.9 Å². The third-order valence-corrected chi connectivity index (χ3v) is 4.05. The lowest BCUT2D eigenvalue weighted by Gasteiger charge is -2.29. The number of hydrogen-bond acceptors (Lipinski definition) is 9. The third-order valence-electron chi connectivity index (χ3n) is 4.05. The quantitative estimate of drug-likeness (QED) is 0.696. The highest BCUT2D eigenvalue weighted by Gasteiger charge is 2.46. The molecule has 1 aromatic heterocycles. The molecule has 0 saturated carbocycles. The summed E-state index contributed by atoms with van der Waals surface area (Å²) in [6.45, 7) is 1.30. The van der Waals surface area contributed by atoms with Crippen molar-refractivity contribution in [2.75, 3.05) is 26.9 Å². The summed E-state index contributed by atoms with van der Waals surface area (Å²) in [6, 6.07) is 5.71. The fraction of sp³-hybridized carbons (Fsp3) is 0.357. The zero-order valence-electron chi connectivity index (χ0n) is 12.7. The first-order valence-corrected chi connectivity index (χ1v) is 7.38. The van der Waals surface area contributed by atoms with Crippen LogP contribution in [-0.2, 0) is 0 Å². The molecule has 0 bridgehead atoms. The van der Waals surface area contributed by atoms with Gasteiger partial charge < -0.3 is 5.11 Å². The number of aromatic nitrogens is 1. The number of pyridine rings is 1. The smallest absolute Gasteiger partial charge is 0.196 e. The van der Waals surface area contributed by atoms with Gasteiger partial charge in [-0.1, -0.05) is 6.07 Å². The van der Waals surface area contributed by atoms with Crippen LogP contribution in [0.1, 0.15) is 5.69 Å². The van der Waals surface area contributed by atoms with Crippen molar-refractivity contribution in [2.24, 2.45) is 15.8 Å². The van der Waals surface area contributed by atoms with Gasteiger partial charge in [0, 0.05) is 19.8 Å². The van der Waals surface area contributed by atoms with Crippen molar-refractivity contribution in [2.45, 2.75) is 6.29 Å². The van der Waals surface area contributed by atoms with E-state index in [4.69, 9.17) is 10.8 Å². The molecule has 1 unspecified atom stereocenters. The normalized spacial score (nSPS) is 24.3. The van der Waals surface area contributed by atoms with Gasteiger partial charge in [0.1, 0.15) is 17.7 Å². The van der Waals surface area contributed by atoms with E-state index in [1.54, 1.807) is 12.5 Å². The van der Waals surface area contributed by atoms with Gasteiger partial charge in [0.05, 0.1) is 19.0 Å². The number of β-amino-alcohol motifs (C(OH)–C–C–N with tert-alkyl or cyclic N) is 1. The first-order valence-electron chi connectivity index (χ1n) is 7.38. The molecule has 3 N–H and O–H groups in total. The molecule has 0 spiro atoms. The largest absolute Gasteiger partial charge is 0.395 e. The fourth-order valence-corrected chi connectivity index (χ4v) is 3.07. The van der Waals surface area contributed by atoms with E-state index in [9.17, 15) is 5.11 Å². The molecule has 0 amide bonds. The molecule has 9 nitrogen and oxygen atoms in total. The number of amidine groups is 1. The maximum atomic E-state index is 9.26. The van der Waals surface area contributed by atoms with Crippen molar-refractivity contribution in [3.8, 4) is 0 Å². The van der Waals surface area contributed by atoms with Crippen LogP contribution in [-0.4, -0.2) is 75.3 Å². The van der Waals surface area contributed by atoms with Gasteiger partial charge in [0.25, 0.3) is 0 Å². The lowest BCUT2D eigenvalue weighted by atomic mass is 10.2. The number of rotatable bonds is 3. The van der Waals surface area contributed by atoms with Gasteiger partial charge in [-0.3, -0.25) is 9.99 Å². The highest BCUT2D eigenvalue weighted by Crippen LogP contribution is 2.36. The van der Waals surface area contributed by atoms with Crippen molar-refractivity contribution >= 4 is 17.9 Å². The summed E-state index contributed by atoms with van der Waals surface area (Å²) in [7, 11) is 1.98. The molecule has 1 fully saturated rings. The van der Waals surface area contributed by atoms with Crippen molar-refractivity contribution in [3.63, 3.8) is 0 Å². The summed E-state index contributed by atoms with van der Waals surface area (Å²) in [5, 5.41) is 14.8. The van der Waals surface area contributed by atoms with Crippen LogP contribution in [0.25, 0.3) is 5.70 Å². The Labute approximate surface area is 133 Å². The lowest BCUT2D eigenvalue weighted by molar-refractivity contribution is 0.0763. The Hall–Kier alpha value is -2.33. The zero-order chi connectivity index (χ0) is 16.0. The highest BCUT2D eigenvalue weighted by molar-refractivity contribution is 6.12. The maximum Gasteiger partial charge on any atom is 0.196 e. The van der Waals surface area contributed by atoms with Crippen LogP contribution in [0.4, 0.5) is 0 Å². The van der Waals surface area contributed by atoms with Crippen LogP contribution in [0, 0.1) is 0 Å². The van der Waals surface area contributed by atoms with Gasteiger partial charge in [-0.2, -0.15) is 0 Å². The Balaban J connectivity index is 1.82. The van der Waals surface area contributed by atoms with Crippen LogP contribution in [0.2, 0.25) is 0 Å². The van der Waals surface area contributed by atoms with Crippen LogP contribution < -0.4 is 5.84 Å². The van der Waals surface area contributed by atoms with Gasteiger partial charge in [-0.05, 0) is 12.1 Å². The molecule has 0 aromatic carbocycles. The molecule has 120 valence electrons. The van der Waals surface area contributed by atoms with Crippen molar-refractivity contribution < 1.29 is 5.11 Å². The molecular weight excluding hydrogens is 296 g/mol. The van der Waals surface area contributed by atoms with Crippen LogP contribution >= 0.6 is 0 Å².